The first-order valence-corrected chi connectivity index (χ1v) is 5.34. The molecule has 0 aliphatic rings. The molecular formula is OSTiZn. The van der Waals surface area contributed by atoms with Crippen molar-refractivity contribution in [3.05, 3.63) is 0 Å². The molecule has 4 heavy (non-hydrogen) atoms. The van der Waals surface area contributed by atoms with E-state index in [0.29, 0.717) is 0 Å². The van der Waals surface area contributed by atoms with Crippen molar-refractivity contribution in [1.29, 1.82) is 0 Å². The summed E-state index contributed by atoms with van der Waals surface area (Å²) in [5, 5.41) is 0. The summed E-state index contributed by atoms with van der Waals surface area (Å²) in [5.74, 6) is 0. The van der Waals surface area contributed by atoms with Crippen LogP contribution in [-0.4, -0.2) is 0 Å². The van der Waals surface area contributed by atoms with Crippen LogP contribution in [0.2, 0.25) is 0 Å². The monoisotopic (exact) mass is 160 g/mol. The first-order chi connectivity index (χ1) is 2.00. The molecule has 0 aliphatic carbocycles. The van der Waals surface area contributed by atoms with Gasteiger partial charge in [0.1, 0.15) is 0 Å². The molecular weight excluding hydrogens is 161 g/mol. The Morgan fingerprint density at radius 2 is 1.50 bits per heavy atom. The van der Waals surface area contributed by atoms with Crippen LogP contribution in [0.4, 0.5) is 0 Å². The van der Waals surface area contributed by atoms with Gasteiger partial charge in [-0.3, -0.25) is 0 Å². The Balaban J connectivity index is 0. The molecule has 0 radical (unpaired) electrons. The Morgan fingerprint density at radius 3 is 1.50 bits per heavy atom. The van der Waals surface area contributed by atoms with E-state index in [2.05, 4.69) is 10.1 Å². The fraction of sp³-hybridized carbons (Fsp3) is 0. The predicted molar refractivity (Wildman–Crippen MR) is 8.28 cm³/mol. The van der Waals surface area contributed by atoms with Crippen LogP contribution in [0.5, 0.6) is 0 Å². The van der Waals surface area contributed by atoms with E-state index >= 15 is 0 Å². The molecule has 18 valence electrons. The van der Waals surface area contributed by atoms with Gasteiger partial charge in [0.2, 0.25) is 0 Å². The van der Waals surface area contributed by atoms with Gasteiger partial charge >= 0.3 is 50.4 Å². The summed E-state index contributed by atoms with van der Waals surface area (Å²) in [5.41, 5.74) is 0. The van der Waals surface area contributed by atoms with Crippen LogP contribution in [0, 0.1) is 0 Å². The van der Waals surface area contributed by atoms with Gasteiger partial charge in [0, 0.05) is 0 Å². The first-order valence-electron chi connectivity index (χ1n) is 0.493. The third-order valence-corrected chi connectivity index (χ3v) is 0. The molecule has 0 N–H and O–H groups in total. The Morgan fingerprint density at radius 1 is 1.50 bits per heavy atom. The van der Waals surface area contributed by atoms with Gasteiger partial charge in [-0.15, -0.1) is 0 Å². The van der Waals surface area contributed by atoms with Crippen LogP contribution in [-0.2, 0) is 40.3 Å². The van der Waals surface area contributed by atoms with Crippen molar-refractivity contribution >= 4 is 10.1 Å². The van der Waals surface area contributed by atoms with Crippen molar-refractivity contribution in [2.45, 2.75) is 0 Å². The summed E-state index contributed by atoms with van der Waals surface area (Å²) >= 11 is 1.71. The second kappa shape index (κ2) is 26.7. The standard InChI is InChI=1S/O.S.Ti.Zn. The van der Waals surface area contributed by atoms with Gasteiger partial charge in [0.15, 0.2) is 0 Å². The Kier molecular flexibility index (Phi) is 60.1. The molecule has 4 heteroatoms. The van der Waals surface area contributed by atoms with E-state index in [4.69, 9.17) is 3.32 Å². The van der Waals surface area contributed by atoms with E-state index in [-0.39, 0.29) is 0 Å². The second-order valence-corrected chi connectivity index (χ2v) is 0. The Hall–Kier alpha value is 1.36. The zero-order chi connectivity index (χ0) is 4.00. The second-order valence-electron chi connectivity index (χ2n) is 0. The number of hydrogen-bond donors (Lipinski definition) is 0. The van der Waals surface area contributed by atoms with Crippen molar-refractivity contribution < 1.29 is 40.3 Å². The molecule has 0 rings (SSSR count). The minimum absolute atomic E-state index is 0.750. The Bertz CT molecular complexity index is 10.0. The number of rotatable bonds is 0. The quantitative estimate of drug-likeness (QED) is 0.482. The zero-order valence-corrected chi connectivity index (χ0v) is 7.37. The van der Waals surface area contributed by atoms with Crippen molar-refractivity contribution in [2.75, 3.05) is 0 Å². The summed E-state index contributed by atoms with van der Waals surface area (Å²) in [6.45, 7) is 0. The summed E-state index contributed by atoms with van der Waals surface area (Å²) in [4.78, 5) is 0. The molecule has 0 aliphatic heterocycles. The normalized spacial score (nSPS) is 2.25. The number of hydrogen-bond acceptors (Lipinski definition) is 2. The van der Waals surface area contributed by atoms with E-state index in [1.807, 2.05) is 0 Å². The topological polar surface area (TPSA) is 17.1 Å². The maximum absolute atomic E-state index is 8.25. The van der Waals surface area contributed by atoms with Gasteiger partial charge in [-0.25, -0.2) is 0 Å². The van der Waals surface area contributed by atoms with Crippen molar-refractivity contribution in [1.82, 2.24) is 0 Å². The molecule has 1 nitrogen and oxygen atoms in total. The molecule has 0 atom stereocenters. The maximum atomic E-state index is 8.25. The van der Waals surface area contributed by atoms with Gasteiger partial charge in [-0.2, -0.15) is 0 Å². The Labute approximate surface area is 50.2 Å². The SMILES string of the molecule is [O]=[Ti].[S]=[Zn]. The first kappa shape index (κ1) is 9.02. The molecule has 0 unspecified atom stereocenters. The molecule has 0 spiro atoms. The average molecular weight is 161 g/mol. The van der Waals surface area contributed by atoms with E-state index in [1.54, 1.807) is 0 Å². The molecule has 0 bridgehead atoms. The molecule has 0 saturated heterocycles. The van der Waals surface area contributed by atoms with Crippen LogP contribution in [0.25, 0.3) is 0 Å². The molecule has 0 saturated carbocycles. The predicted octanol–water partition coefficient (Wildman–Crippen LogP) is 0.524. The molecule has 0 amide bonds. The van der Waals surface area contributed by atoms with Crippen molar-refractivity contribution in [3.8, 4) is 0 Å². The van der Waals surface area contributed by atoms with Crippen molar-refractivity contribution in [3.63, 3.8) is 0 Å². The zero-order valence-electron chi connectivity index (χ0n) is 2.02. The molecule has 0 aromatic rings. The molecule has 0 aromatic heterocycles. The third kappa shape index (κ3) is 10.1. The van der Waals surface area contributed by atoms with Crippen LogP contribution in [0.3, 0.4) is 0 Å². The molecule has 0 fully saturated rings. The van der Waals surface area contributed by atoms with Gasteiger partial charge in [0.25, 0.3) is 0 Å². The van der Waals surface area contributed by atoms with Gasteiger partial charge < -0.3 is 0 Å². The van der Waals surface area contributed by atoms with Crippen molar-refractivity contribution in [2.24, 2.45) is 0 Å². The van der Waals surface area contributed by atoms with Crippen LogP contribution < -0.4 is 0 Å². The summed E-state index contributed by atoms with van der Waals surface area (Å²) in [6, 6.07) is 0. The van der Waals surface area contributed by atoms with Gasteiger partial charge in [0.05, 0.1) is 0 Å². The summed E-state index contributed by atoms with van der Waals surface area (Å²) < 4.78 is 8.25. The van der Waals surface area contributed by atoms with Crippen LogP contribution in [0.15, 0.2) is 0 Å². The van der Waals surface area contributed by atoms with E-state index in [9.17, 15) is 0 Å². The fourth-order valence-electron chi connectivity index (χ4n) is 0. The van der Waals surface area contributed by atoms with E-state index in [0.717, 1.165) is 37.0 Å². The van der Waals surface area contributed by atoms with E-state index < -0.39 is 0 Å². The van der Waals surface area contributed by atoms with E-state index in [1.165, 1.54) is 0 Å². The third-order valence-electron chi connectivity index (χ3n) is 0. The van der Waals surface area contributed by atoms with Gasteiger partial charge in [-0.1, -0.05) is 0 Å². The molecule has 0 aromatic carbocycles. The summed E-state index contributed by atoms with van der Waals surface area (Å²) in [6.07, 6.45) is 0. The average Bonchev–Trinajstić information content (AvgIpc) is 1.50. The molecule has 0 heterocycles. The van der Waals surface area contributed by atoms with Gasteiger partial charge in [-0.05, 0) is 0 Å². The van der Waals surface area contributed by atoms with Crippen LogP contribution >= 0.6 is 10.1 Å². The minimum atomic E-state index is 0.750. The summed E-state index contributed by atoms with van der Waals surface area (Å²) in [7, 11) is 4.21. The van der Waals surface area contributed by atoms with Crippen LogP contribution in [0.1, 0.15) is 0 Å². The fourth-order valence-corrected chi connectivity index (χ4v) is 0.